The average Bonchev–Trinajstić information content (AvgIpc) is 2.99. The van der Waals surface area contributed by atoms with Gasteiger partial charge in [0, 0.05) is 16.2 Å². The Labute approximate surface area is 129 Å². The molecule has 0 atom stereocenters. The second-order valence-electron chi connectivity index (χ2n) is 4.34. The lowest BCUT2D eigenvalue weighted by Crippen LogP contribution is -2.13. The zero-order valence-electron chi connectivity index (χ0n) is 10.9. The first-order valence-corrected chi connectivity index (χ1v) is 7.05. The van der Waals surface area contributed by atoms with Crippen LogP contribution in [0.5, 0.6) is 0 Å². The first-order chi connectivity index (χ1) is 10.2. The lowest BCUT2D eigenvalue weighted by Gasteiger charge is -2.00. The molecule has 0 aliphatic heterocycles. The predicted octanol–water partition coefficient (Wildman–Crippen LogP) is 3.49. The minimum absolute atomic E-state index is 0.274. The highest BCUT2D eigenvalue weighted by atomic mass is 79.9. The molecule has 0 saturated heterocycles. The molecule has 0 bridgehead atoms. The van der Waals surface area contributed by atoms with E-state index in [2.05, 4.69) is 36.4 Å². The normalized spacial score (nSPS) is 10.3. The van der Waals surface area contributed by atoms with Gasteiger partial charge in [0.1, 0.15) is 11.5 Å². The number of amides is 1. The maximum Gasteiger partial charge on any atom is 0.274 e. The van der Waals surface area contributed by atoms with Crippen LogP contribution in [0.3, 0.4) is 0 Å². The Morgan fingerprint density at radius 1 is 1.14 bits per heavy atom. The Bertz CT molecular complexity index is 753. The molecule has 0 aliphatic rings. The van der Waals surface area contributed by atoms with Crippen molar-refractivity contribution in [3.8, 4) is 11.3 Å². The quantitative estimate of drug-likeness (QED) is 0.765. The third-order valence-electron chi connectivity index (χ3n) is 2.87. The standard InChI is InChI=1S/C15H11BrN4O/c16-11-6-4-10(5-7-11)12-9-13(20-19-12)15(21)18-14-3-1-2-8-17-14/h1-9H,(H,19,20)(H,17,18,21). The molecule has 2 N–H and O–H groups in total. The number of H-pyrrole nitrogens is 1. The van der Waals surface area contributed by atoms with Gasteiger partial charge in [-0.1, -0.05) is 34.1 Å². The van der Waals surface area contributed by atoms with Crippen molar-refractivity contribution >= 4 is 27.7 Å². The summed E-state index contributed by atoms with van der Waals surface area (Å²) in [5, 5.41) is 9.60. The molecule has 104 valence electrons. The van der Waals surface area contributed by atoms with Gasteiger partial charge in [-0.2, -0.15) is 5.10 Å². The van der Waals surface area contributed by atoms with Crippen molar-refractivity contribution in [1.82, 2.24) is 15.2 Å². The number of nitrogens with one attached hydrogen (secondary N) is 2. The summed E-state index contributed by atoms with van der Waals surface area (Å²) in [7, 11) is 0. The molecule has 2 heterocycles. The Kier molecular flexibility index (Phi) is 3.79. The number of benzene rings is 1. The number of rotatable bonds is 3. The number of aromatic amines is 1. The molecule has 3 rings (SSSR count). The fourth-order valence-corrected chi connectivity index (χ4v) is 2.09. The van der Waals surface area contributed by atoms with E-state index in [1.54, 1.807) is 24.4 Å². The lowest BCUT2D eigenvalue weighted by molar-refractivity contribution is 0.102. The van der Waals surface area contributed by atoms with E-state index in [0.717, 1.165) is 10.0 Å². The van der Waals surface area contributed by atoms with Crippen molar-refractivity contribution in [2.75, 3.05) is 5.32 Å². The molecule has 0 fully saturated rings. The molecule has 0 saturated carbocycles. The van der Waals surface area contributed by atoms with Gasteiger partial charge in [-0.3, -0.25) is 9.89 Å². The summed E-state index contributed by atoms with van der Waals surface area (Å²) in [6.45, 7) is 0. The van der Waals surface area contributed by atoms with Crippen molar-refractivity contribution in [2.24, 2.45) is 0 Å². The van der Waals surface area contributed by atoms with Crippen LogP contribution in [0.25, 0.3) is 11.3 Å². The van der Waals surface area contributed by atoms with Crippen LogP contribution < -0.4 is 5.32 Å². The van der Waals surface area contributed by atoms with E-state index in [4.69, 9.17) is 0 Å². The van der Waals surface area contributed by atoms with Crippen LogP contribution in [0.1, 0.15) is 10.5 Å². The van der Waals surface area contributed by atoms with Crippen molar-refractivity contribution in [1.29, 1.82) is 0 Å². The van der Waals surface area contributed by atoms with Crippen molar-refractivity contribution in [2.45, 2.75) is 0 Å². The molecular weight excluding hydrogens is 332 g/mol. The minimum Gasteiger partial charge on any atom is -0.305 e. The van der Waals surface area contributed by atoms with Crippen LogP contribution in [0.2, 0.25) is 0 Å². The summed E-state index contributed by atoms with van der Waals surface area (Å²) >= 11 is 3.38. The molecule has 0 aliphatic carbocycles. The van der Waals surface area contributed by atoms with Crippen molar-refractivity contribution < 1.29 is 4.79 Å². The fourth-order valence-electron chi connectivity index (χ4n) is 1.83. The summed E-state index contributed by atoms with van der Waals surface area (Å²) in [5.41, 5.74) is 2.04. The highest BCUT2D eigenvalue weighted by Gasteiger charge is 2.11. The smallest absolute Gasteiger partial charge is 0.274 e. The molecule has 6 heteroatoms. The van der Waals surface area contributed by atoms with Crippen molar-refractivity contribution in [3.05, 3.63) is 64.9 Å². The second kappa shape index (κ2) is 5.88. The molecule has 0 radical (unpaired) electrons. The molecule has 2 aromatic heterocycles. The van der Waals surface area contributed by atoms with E-state index in [-0.39, 0.29) is 5.91 Å². The number of carbonyl (C=O) groups is 1. The monoisotopic (exact) mass is 342 g/mol. The number of aromatic nitrogens is 3. The molecule has 0 spiro atoms. The van der Waals surface area contributed by atoms with E-state index in [1.165, 1.54) is 0 Å². The van der Waals surface area contributed by atoms with Crippen LogP contribution >= 0.6 is 15.9 Å². The third-order valence-corrected chi connectivity index (χ3v) is 3.40. The van der Waals surface area contributed by atoms with Crippen LogP contribution in [0, 0.1) is 0 Å². The third kappa shape index (κ3) is 3.17. The molecule has 0 unspecified atom stereocenters. The summed E-state index contributed by atoms with van der Waals surface area (Å²) < 4.78 is 0.995. The molecule has 1 amide bonds. The Hall–Kier alpha value is -2.47. The van der Waals surface area contributed by atoms with E-state index in [1.807, 2.05) is 30.3 Å². The number of hydrogen-bond acceptors (Lipinski definition) is 3. The Balaban J connectivity index is 1.78. The van der Waals surface area contributed by atoms with E-state index < -0.39 is 0 Å². The van der Waals surface area contributed by atoms with E-state index in [9.17, 15) is 4.79 Å². The van der Waals surface area contributed by atoms with Gasteiger partial charge < -0.3 is 5.32 Å². The average molecular weight is 343 g/mol. The molecular formula is C15H11BrN4O. The van der Waals surface area contributed by atoms with Crippen molar-refractivity contribution in [3.63, 3.8) is 0 Å². The first kappa shape index (κ1) is 13.5. The number of pyridine rings is 1. The van der Waals surface area contributed by atoms with Gasteiger partial charge in [0.25, 0.3) is 5.91 Å². The first-order valence-electron chi connectivity index (χ1n) is 6.26. The number of nitrogens with zero attached hydrogens (tertiary/aromatic N) is 2. The zero-order valence-corrected chi connectivity index (χ0v) is 12.5. The molecule has 1 aromatic carbocycles. The van der Waals surface area contributed by atoms with Crippen LogP contribution in [-0.2, 0) is 0 Å². The number of halogens is 1. The van der Waals surface area contributed by atoms with Gasteiger partial charge in [-0.25, -0.2) is 4.98 Å². The Morgan fingerprint density at radius 2 is 1.95 bits per heavy atom. The van der Waals surface area contributed by atoms with Gasteiger partial charge in [-0.15, -0.1) is 0 Å². The minimum atomic E-state index is -0.274. The maximum atomic E-state index is 12.1. The van der Waals surface area contributed by atoms with Gasteiger partial charge in [0.2, 0.25) is 0 Å². The predicted molar refractivity (Wildman–Crippen MR) is 83.9 cm³/mol. The topological polar surface area (TPSA) is 70.7 Å². The number of anilines is 1. The van der Waals surface area contributed by atoms with Gasteiger partial charge in [0.15, 0.2) is 0 Å². The maximum absolute atomic E-state index is 12.1. The SMILES string of the molecule is O=C(Nc1ccccn1)c1cc(-c2ccc(Br)cc2)n[nH]1. The van der Waals surface area contributed by atoms with Gasteiger partial charge >= 0.3 is 0 Å². The molecule has 3 aromatic rings. The summed E-state index contributed by atoms with van der Waals surface area (Å²) in [6.07, 6.45) is 1.62. The lowest BCUT2D eigenvalue weighted by atomic mass is 10.1. The largest absolute Gasteiger partial charge is 0.305 e. The Morgan fingerprint density at radius 3 is 2.67 bits per heavy atom. The zero-order chi connectivity index (χ0) is 14.7. The molecule has 21 heavy (non-hydrogen) atoms. The molecule has 5 nitrogen and oxygen atoms in total. The van der Waals surface area contributed by atoms with E-state index >= 15 is 0 Å². The highest BCUT2D eigenvalue weighted by molar-refractivity contribution is 9.10. The summed E-state index contributed by atoms with van der Waals surface area (Å²) in [6, 6.07) is 14.8. The highest BCUT2D eigenvalue weighted by Crippen LogP contribution is 2.20. The van der Waals surface area contributed by atoms with Gasteiger partial charge in [0.05, 0.1) is 5.69 Å². The van der Waals surface area contributed by atoms with Crippen LogP contribution in [-0.4, -0.2) is 21.1 Å². The summed E-state index contributed by atoms with van der Waals surface area (Å²) in [4.78, 5) is 16.1. The number of hydrogen-bond donors (Lipinski definition) is 2. The number of carbonyl (C=O) groups excluding carboxylic acids is 1. The van der Waals surface area contributed by atoms with Crippen LogP contribution in [0.4, 0.5) is 5.82 Å². The summed E-state index contributed by atoms with van der Waals surface area (Å²) in [5.74, 6) is 0.229. The van der Waals surface area contributed by atoms with Gasteiger partial charge in [-0.05, 0) is 30.3 Å². The fraction of sp³-hybridized carbons (Fsp3) is 0. The van der Waals surface area contributed by atoms with Crippen LogP contribution in [0.15, 0.2) is 59.2 Å². The van der Waals surface area contributed by atoms with E-state index in [0.29, 0.717) is 17.2 Å². The second-order valence-corrected chi connectivity index (χ2v) is 5.26.